The van der Waals surface area contributed by atoms with Crippen molar-refractivity contribution in [3.05, 3.63) is 0 Å². The molecule has 0 amide bonds. The third-order valence-corrected chi connectivity index (χ3v) is 2.73. The van der Waals surface area contributed by atoms with Crippen molar-refractivity contribution in [1.82, 2.24) is 0 Å². The molecular formula is C10H20CaO2. The monoisotopic (exact) mass is 212 g/mol. The van der Waals surface area contributed by atoms with Crippen LogP contribution in [0.3, 0.4) is 0 Å². The zero-order valence-corrected chi connectivity index (χ0v) is 10.5. The summed E-state index contributed by atoms with van der Waals surface area (Å²) in [4.78, 5) is 10.2. The van der Waals surface area contributed by atoms with Crippen molar-refractivity contribution in [3.63, 3.8) is 0 Å². The average molecular weight is 212 g/mol. The molecule has 3 heteroatoms. The Morgan fingerprint density at radius 1 is 1.31 bits per heavy atom. The van der Waals surface area contributed by atoms with Gasteiger partial charge >= 0.3 is 43.7 Å². The van der Waals surface area contributed by atoms with Crippen LogP contribution < -0.4 is 0 Å². The predicted molar refractivity (Wildman–Crippen MR) is 56.0 cm³/mol. The second-order valence-electron chi connectivity index (χ2n) is 3.79. The van der Waals surface area contributed by atoms with E-state index >= 15 is 0 Å². The van der Waals surface area contributed by atoms with E-state index in [9.17, 15) is 4.79 Å². The molecule has 13 heavy (non-hydrogen) atoms. The molecule has 1 fully saturated rings. The van der Waals surface area contributed by atoms with Crippen molar-refractivity contribution in [2.24, 2.45) is 5.92 Å². The van der Waals surface area contributed by atoms with Crippen LogP contribution in [-0.4, -0.2) is 48.8 Å². The first-order chi connectivity index (χ1) is 5.79. The number of carbonyl (C=O) groups is 1. The van der Waals surface area contributed by atoms with E-state index in [-0.39, 0.29) is 40.6 Å². The van der Waals surface area contributed by atoms with E-state index < -0.39 is 5.97 Å². The average Bonchev–Trinajstić information content (AvgIpc) is 2.05. The summed E-state index contributed by atoms with van der Waals surface area (Å²) in [5.74, 6) is 0.184. The van der Waals surface area contributed by atoms with Crippen molar-refractivity contribution >= 4 is 43.7 Å². The molecule has 0 unspecified atom stereocenters. The Labute approximate surface area is 113 Å². The normalized spacial score (nSPS) is 17.8. The van der Waals surface area contributed by atoms with Gasteiger partial charge in [-0.05, 0) is 18.8 Å². The van der Waals surface area contributed by atoms with Crippen molar-refractivity contribution in [1.29, 1.82) is 0 Å². The van der Waals surface area contributed by atoms with Crippen LogP contribution in [0.2, 0.25) is 0 Å². The van der Waals surface area contributed by atoms with Crippen LogP contribution in [0.25, 0.3) is 0 Å². The van der Waals surface area contributed by atoms with E-state index in [0.29, 0.717) is 6.42 Å². The minimum Gasteiger partial charge on any atom is -1.00 e. The molecule has 0 aliphatic heterocycles. The standard InChI is InChI=1S/C10H18O2.Ca.2H/c11-10(12)8-4-7-9-5-2-1-3-6-9;;;/h9H,1-8H2,(H,11,12);;;/q;+2;2*-1. The van der Waals surface area contributed by atoms with Gasteiger partial charge in [0.05, 0.1) is 0 Å². The molecule has 0 aromatic carbocycles. The number of rotatable bonds is 4. The summed E-state index contributed by atoms with van der Waals surface area (Å²) in [5.41, 5.74) is 0. The maximum Gasteiger partial charge on any atom is 2.00 e. The van der Waals surface area contributed by atoms with Crippen LogP contribution in [0.1, 0.15) is 54.2 Å². The quantitative estimate of drug-likeness (QED) is 0.727. The Bertz CT molecular complexity index is 150. The zero-order chi connectivity index (χ0) is 8.81. The topological polar surface area (TPSA) is 37.3 Å². The summed E-state index contributed by atoms with van der Waals surface area (Å²) in [6.45, 7) is 0. The fraction of sp³-hybridized carbons (Fsp3) is 0.900. The molecule has 1 rings (SSSR count). The molecule has 74 valence electrons. The number of carboxylic acids is 1. The number of hydrogen-bond donors (Lipinski definition) is 1. The molecule has 1 saturated carbocycles. The van der Waals surface area contributed by atoms with Crippen molar-refractivity contribution in [2.45, 2.75) is 51.4 Å². The van der Waals surface area contributed by atoms with Crippen molar-refractivity contribution in [2.75, 3.05) is 0 Å². The molecular weight excluding hydrogens is 192 g/mol. The molecule has 2 nitrogen and oxygen atoms in total. The summed E-state index contributed by atoms with van der Waals surface area (Å²) in [7, 11) is 0. The Morgan fingerprint density at radius 2 is 1.92 bits per heavy atom. The van der Waals surface area contributed by atoms with E-state index in [1.807, 2.05) is 0 Å². The minimum atomic E-state index is -0.647. The first-order valence-electron chi connectivity index (χ1n) is 5.01. The Balaban J connectivity index is -0.000000480. The summed E-state index contributed by atoms with van der Waals surface area (Å²) < 4.78 is 0. The van der Waals surface area contributed by atoms with Crippen molar-refractivity contribution < 1.29 is 12.8 Å². The first-order valence-corrected chi connectivity index (χ1v) is 5.01. The summed E-state index contributed by atoms with van der Waals surface area (Å²) in [5, 5.41) is 8.44. The molecule has 0 spiro atoms. The van der Waals surface area contributed by atoms with Crippen LogP contribution >= 0.6 is 0 Å². The number of aliphatic carboxylic acids is 1. The Hall–Kier alpha value is 0.730. The van der Waals surface area contributed by atoms with E-state index in [0.717, 1.165) is 18.8 Å². The predicted octanol–water partition coefficient (Wildman–Crippen LogP) is 2.67. The van der Waals surface area contributed by atoms with E-state index in [2.05, 4.69) is 0 Å². The molecule has 1 N–H and O–H groups in total. The van der Waals surface area contributed by atoms with Crippen LogP contribution in [0.15, 0.2) is 0 Å². The number of carboxylic acid groups (broad SMARTS) is 1. The minimum absolute atomic E-state index is 0. The van der Waals surface area contributed by atoms with Gasteiger partial charge in [-0.25, -0.2) is 0 Å². The molecule has 1 aliphatic rings. The fourth-order valence-corrected chi connectivity index (χ4v) is 2.02. The van der Waals surface area contributed by atoms with Crippen LogP contribution in [0, 0.1) is 5.92 Å². The molecule has 0 radical (unpaired) electrons. The molecule has 0 heterocycles. The van der Waals surface area contributed by atoms with Gasteiger partial charge in [-0.2, -0.15) is 0 Å². The third-order valence-electron chi connectivity index (χ3n) is 2.73. The van der Waals surface area contributed by atoms with E-state index in [1.54, 1.807) is 0 Å². The van der Waals surface area contributed by atoms with Crippen LogP contribution in [-0.2, 0) is 4.79 Å². The smallest absolute Gasteiger partial charge is 1.00 e. The van der Waals surface area contributed by atoms with Gasteiger partial charge in [-0.15, -0.1) is 0 Å². The van der Waals surface area contributed by atoms with Gasteiger partial charge < -0.3 is 7.96 Å². The maximum absolute atomic E-state index is 10.2. The number of hydrogen-bond acceptors (Lipinski definition) is 1. The van der Waals surface area contributed by atoms with Gasteiger partial charge in [0.1, 0.15) is 0 Å². The van der Waals surface area contributed by atoms with E-state index in [1.165, 1.54) is 32.1 Å². The molecule has 0 bridgehead atoms. The van der Waals surface area contributed by atoms with Crippen molar-refractivity contribution in [3.8, 4) is 0 Å². The van der Waals surface area contributed by atoms with E-state index in [4.69, 9.17) is 5.11 Å². The van der Waals surface area contributed by atoms with Gasteiger partial charge in [-0.1, -0.05) is 32.1 Å². The first kappa shape index (κ1) is 13.7. The van der Waals surface area contributed by atoms with Gasteiger partial charge in [-0.3, -0.25) is 4.79 Å². The Kier molecular flexibility index (Phi) is 8.53. The molecule has 1 aliphatic carbocycles. The third kappa shape index (κ3) is 6.75. The maximum atomic E-state index is 10.2. The summed E-state index contributed by atoms with van der Waals surface area (Å²) in [6.07, 6.45) is 9.13. The van der Waals surface area contributed by atoms with Gasteiger partial charge in [0, 0.05) is 6.42 Å². The molecule has 0 saturated heterocycles. The van der Waals surface area contributed by atoms with Gasteiger partial charge in [0.2, 0.25) is 0 Å². The van der Waals surface area contributed by atoms with Gasteiger partial charge in [0.25, 0.3) is 0 Å². The molecule has 0 aromatic heterocycles. The van der Waals surface area contributed by atoms with Gasteiger partial charge in [0.15, 0.2) is 0 Å². The second kappa shape index (κ2) is 8.07. The fourth-order valence-electron chi connectivity index (χ4n) is 2.02. The van der Waals surface area contributed by atoms with Crippen LogP contribution in [0.5, 0.6) is 0 Å². The zero-order valence-electron chi connectivity index (χ0n) is 10.3. The summed E-state index contributed by atoms with van der Waals surface area (Å²) in [6, 6.07) is 0. The second-order valence-corrected chi connectivity index (χ2v) is 3.79. The van der Waals surface area contributed by atoms with Crippen LogP contribution in [0.4, 0.5) is 0 Å². The largest absolute Gasteiger partial charge is 2.00 e. The SMILES string of the molecule is O=C(O)CCCC1CCCCC1.[Ca+2].[H-].[H-]. The Morgan fingerprint density at radius 3 is 2.46 bits per heavy atom. The summed E-state index contributed by atoms with van der Waals surface area (Å²) >= 11 is 0. The molecule has 0 atom stereocenters. The molecule has 0 aromatic rings.